The molecule has 2 N–H and O–H groups in total. The van der Waals surface area contributed by atoms with Crippen molar-refractivity contribution < 1.29 is 5.11 Å². The molecule has 1 saturated carbocycles. The molecule has 18 heavy (non-hydrogen) atoms. The molecule has 0 bridgehead atoms. The van der Waals surface area contributed by atoms with Gasteiger partial charge in [-0.15, -0.1) is 0 Å². The number of aliphatic hydroxyl groups excluding tert-OH is 1. The maximum atomic E-state index is 9.27. The van der Waals surface area contributed by atoms with E-state index in [4.69, 9.17) is 0 Å². The molecular formula is C13H18Br2N2O. The minimum absolute atomic E-state index is 0.326. The molecule has 1 aromatic rings. The number of pyridine rings is 1. The van der Waals surface area contributed by atoms with Crippen molar-refractivity contribution >= 4 is 31.9 Å². The minimum Gasteiger partial charge on any atom is -0.396 e. The van der Waals surface area contributed by atoms with Crippen molar-refractivity contribution in [3.63, 3.8) is 0 Å². The molecule has 2 unspecified atom stereocenters. The average molecular weight is 378 g/mol. The fourth-order valence-corrected chi connectivity index (χ4v) is 3.70. The van der Waals surface area contributed by atoms with Gasteiger partial charge in [0, 0.05) is 28.3 Å². The monoisotopic (exact) mass is 376 g/mol. The van der Waals surface area contributed by atoms with Crippen LogP contribution in [0.4, 0.5) is 0 Å². The third-order valence-corrected chi connectivity index (χ3v) is 4.75. The maximum Gasteiger partial charge on any atom is 0.0684 e. The van der Waals surface area contributed by atoms with E-state index in [0.29, 0.717) is 18.4 Å². The number of halogens is 2. The number of hydrogen-bond donors (Lipinski definition) is 2. The zero-order valence-corrected chi connectivity index (χ0v) is 13.4. The standard InChI is InChI=1S/C13H18Br2N2O/c14-11-4-12(15)13(17-6-11)7-16-5-9-2-1-3-10(9)8-18/h4,6,9-10,16,18H,1-3,5,7-8H2. The molecule has 2 atom stereocenters. The van der Waals surface area contributed by atoms with Crippen LogP contribution in [-0.2, 0) is 6.54 Å². The first kappa shape index (κ1) is 14.4. The molecule has 1 heterocycles. The average Bonchev–Trinajstić information content (AvgIpc) is 2.79. The molecule has 1 aliphatic carbocycles. The summed E-state index contributed by atoms with van der Waals surface area (Å²) in [6.07, 6.45) is 5.46. The molecule has 0 aliphatic heterocycles. The van der Waals surface area contributed by atoms with Crippen LogP contribution in [-0.4, -0.2) is 23.2 Å². The molecular weight excluding hydrogens is 360 g/mol. The van der Waals surface area contributed by atoms with Crippen LogP contribution in [0.25, 0.3) is 0 Å². The molecule has 100 valence electrons. The lowest BCUT2D eigenvalue weighted by Crippen LogP contribution is -2.26. The second-order valence-corrected chi connectivity index (χ2v) is 6.62. The predicted molar refractivity (Wildman–Crippen MR) is 79.3 cm³/mol. The van der Waals surface area contributed by atoms with Gasteiger partial charge in [0.1, 0.15) is 0 Å². The minimum atomic E-state index is 0.326. The number of rotatable bonds is 5. The van der Waals surface area contributed by atoms with Crippen LogP contribution in [0.15, 0.2) is 21.2 Å². The predicted octanol–water partition coefficient (Wildman–Crippen LogP) is 3.10. The van der Waals surface area contributed by atoms with Crippen molar-refractivity contribution in [3.8, 4) is 0 Å². The Balaban J connectivity index is 1.81. The van der Waals surface area contributed by atoms with Gasteiger partial charge in [-0.2, -0.15) is 0 Å². The largest absolute Gasteiger partial charge is 0.396 e. The lowest BCUT2D eigenvalue weighted by atomic mass is 9.97. The van der Waals surface area contributed by atoms with E-state index in [-0.39, 0.29) is 0 Å². The highest BCUT2D eigenvalue weighted by atomic mass is 79.9. The fraction of sp³-hybridized carbons (Fsp3) is 0.615. The van der Waals surface area contributed by atoms with Crippen LogP contribution in [0.2, 0.25) is 0 Å². The third kappa shape index (κ3) is 3.76. The van der Waals surface area contributed by atoms with Gasteiger partial charge in [-0.05, 0) is 69.1 Å². The molecule has 1 fully saturated rings. The summed E-state index contributed by atoms with van der Waals surface area (Å²) in [5.74, 6) is 1.10. The second kappa shape index (κ2) is 6.98. The zero-order valence-electron chi connectivity index (χ0n) is 10.2. The number of nitrogens with one attached hydrogen (secondary N) is 1. The van der Waals surface area contributed by atoms with Crippen LogP contribution in [0.5, 0.6) is 0 Å². The second-order valence-electron chi connectivity index (χ2n) is 4.85. The molecule has 0 saturated heterocycles. The Hall–Kier alpha value is 0.0300. The Labute approximate surface area is 125 Å². The van der Waals surface area contributed by atoms with Crippen LogP contribution in [0.1, 0.15) is 25.0 Å². The summed E-state index contributed by atoms with van der Waals surface area (Å²) in [5, 5.41) is 12.7. The van der Waals surface area contributed by atoms with Gasteiger partial charge in [-0.3, -0.25) is 4.98 Å². The van der Waals surface area contributed by atoms with Crippen LogP contribution < -0.4 is 5.32 Å². The molecule has 0 radical (unpaired) electrons. The van der Waals surface area contributed by atoms with E-state index in [2.05, 4.69) is 42.2 Å². The molecule has 0 spiro atoms. The van der Waals surface area contributed by atoms with E-state index in [1.807, 2.05) is 12.3 Å². The number of aromatic nitrogens is 1. The Morgan fingerprint density at radius 2 is 2.11 bits per heavy atom. The quantitative estimate of drug-likeness (QED) is 0.828. The fourth-order valence-electron chi connectivity index (χ4n) is 2.57. The number of hydrogen-bond acceptors (Lipinski definition) is 3. The van der Waals surface area contributed by atoms with Crippen LogP contribution in [0, 0.1) is 11.8 Å². The first-order valence-electron chi connectivity index (χ1n) is 6.32. The maximum absolute atomic E-state index is 9.27. The first-order chi connectivity index (χ1) is 8.70. The number of nitrogens with zero attached hydrogens (tertiary/aromatic N) is 1. The Bertz CT molecular complexity index is 401. The Morgan fingerprint density at radius 1 is 1.33 bits per heavy atom. The summed E-state index contributed by atoms with van der Waals surface area (Å²) in [6, 6.07) is 2.01. The molecule has 3 nitrogen and oxygen atoms in total. The third-order valence-electron chi connectivity index (χ3n) is 3.63. The van der Waals surface area contributed by atoms with Crippen molar-refractivity contribution in [2.45, 2.75) is 25.8 Å². The highest BCUT2D eigenvalue weighted by Gasteiger charge is 2.25. The van der Waals surface area contributed by atoms with Gasteiger partial charge in [0.2, 0.25) is 0 Å². The molecule has 2 rings (SSSR count). The summed E-state index contributed by atoms with van der Waals surface area (Å²) in [6.45, 7) is 2.06. The van der Waals surface area contributed by atoms with Crippen LogP contribution >= 0.6 is 31.9 Å². The van der Waals surface area contributed by atoms with Gasteiger partial charge in [-0.1, -0.05) is 6.42 Å². The van der Waals surface area contributed by atoms with Crippen molar-refractivity contribution in [1.82, 2.24) is 10.3 Å². The van der Waals surface area contributed by atoms with Crippen molar-refractivity contribution in [2.75, 3.05) is 13.2 Å². The lowest BCUT2D eigenvalue weighted by molar-refractivity contribution is 0.192. The van der Waals surface area contributed by atoms with Crippen LogP contribution in [0.3, 0.4) is 0 Å². The van der Waals surface area contributed by atoms with Gasteiger partial charge in [0.05, 0.1) is 5.69 Å². The van der Waals surface area contributed by atoms with Crippen molar-refractivity contribution in [2.24, 2.45) is 11.8 Å². The Kier molecular flexibility index (Phi) is 5.60. The molecule has 0 aromatic carbocycles. The highest BCUT2D eigenvalue weighted by Crippen LogP contribution is 2.30. The van der Waals surface area contributed by atoms with Crippen molar-refractivity contribution in [3.05, 3.63) is 26.9 Å². The van der Waals surface area contributed by atoms with Gasteiger partial charge >= 0.3 is 0 Å². The van der Waals surface area contributed by atoms with E-state index in [1.165, 1.54) is 19.3 Å². The van der Waals surface area contributed by atoms with Gasteiger partial charge < -0.3 is 10.4 Å². The molecule has 1 aromatic heterocycles. The molecule has 5 heteroatoms. The van der Waals surface area contributed by atoms with E-state index in [9.17, 15) is 5.11 Å². The first-order valence-corrected chi connectivity index (χ1v) is 7.91. The number of aliphatic hydroxyl groups is 1. The van der Waals surface area contributed by atoms with E-state index < -0.39 is 0 Å². The summed E-state index contributed by atoms with van der Waals surface area (Å²) >= 11 is 6.91. The zero-order chi connectivity index (χ0) is 13.0. The molecule has 0 amide bonds. The van der Waals surface area contributed by atoms with E-state index in [0.717, 1.165) is 27.7 Å². The Morgan fingerprint density at radius 3 is 2.83 bits per heavy atom. The normalized spacial score (nSPS) is 23.5. The smallest absolute Gasteiger partial charge is 0.0684 e. The lowest BCUT2D eigenvalue weighted by Gasteiger charge is -2.17. The van der Waals surface area contributed by atoms with Gasteiger partial charge in [0.25, 0.3) is 0 Å². The SMILES string of the molecule is OCC1CCCC1CNCc1ncc(Br)cc1Br. The van der Waals surface area contributed by atoms with Gasteiger partial charge in [0.15, 0.2) is 0 Å². The highest BCUT2D eigenvalue weighted by molar-refractivity contribution is 9.11. The summed E-state index contributed by atoms with van der Waals surface area (Å²) in [4.78, 5) is 4.38. The van der Waals surface area contributed by atoms with Gasteiger partial charge in [-0.25, -0.2) is 0 Å². The van der Waals surface area contributed by atoms with E-state index >= 15 is 0 Å². The topological polar surface area (TPSA) is 45.1 Å². The summed E-state index contributed by atoms with van der Waals surface area (Å²) in [7, 11) is 0. The van der Waals surface area contributed by atoms with E-state index in [1.54, 1.807) is 0 Å². The van der Waals surface area contributed by atoms with Crippen molar-refractivity contribution in [1.29, 1.82) is 0 Å². The molecule has 1 aliphatic rings. The summed E-state index contributed by atoms with van der Waals surface area (Å²) in [5.41, 5.74) is 1.02. The summed E-state index contributed by atoms with van der Waals surface area (Å²) < 4.78 is 2.00.